The van der Waals surface area contributed by atoms with Crippen molar-refractivity contribution in [3.05, 3.63) is 0 Å². The Labute approximate surface area is 233 Å². The Morgan fingerprint density at radius 2 is 1.31 bits per heavy atom. The zero-order valence-electron chi connectivity index (χ0n) is 23.3. The van der Waals surface area contributed by atoms with Gasteiger partial charge in [0.25, 0.3) is 6.10 Å². The molecule has 0 radical (unpaired) electrons. The van der Waals surface area contributed by atoms with E-state index in [1.165, 1.54) is 0 Å². The van der Waals surface area contributed by atoms with Gasteiger partial charge >= 0.3 is 30.7 Å². The van der Waals surface area contributed by atoms with Gasteiger partial charge in [-0.3, -0.25) is 4.79 Å². The summed E-state index contributed by atoms with van der Waals surface area (Å²) in [5, 5.41) is 0. The van der Waals surface area contributed by atoms with Gasteiger partial charge in [0.05, 0.1) is 12.5 Å². The smallest absolute Gasteiger partial charge is 0.423 e. The molecule has 0 aromatic heterocycles. The van der Waals surface area contributed by atoms with Crippen LogP contribution in [-0.2, 0) is 23.7 Å². The largest absolute Gasteiger partial charge is 0.457 e. The lowest BCUT2D eigenvalue weighted by Crippen LogP contribution is -2.47. The Morgan fingerprint density at radius 3 is 1.71 bits per heavy atom. The summed E-state index contributed by atoms with van der Waals surface area (Å²) in [5.41, 5.74) is -0.749. The first-order valence-electron chi connectivity index (χ1n) is 12.9. The molecular weight excluding hydrogens is 608 g/mol. The van der Waals surface area contributed by atoms with Crippen LogP contribution < -0.4 is 0 Å². The molecule has 1 spiro atoms. The Bertz CT molecular complexity index is 968. The Hall–Kier alpha value is -1.49. The highest BCUT2D eigenvalue weighted by Gasteiger charge is 2.76. The summed E-state index contributed by atoms with van der Waals surface area (Å²) in [6, 6.07) is 0. The van der Waals surface area contributed by atoms with Crippen LogP contribution in [0.3, 0.4) is 0 Å². The van der Waals surface area contributed by atoms with Crippen LogP contribution in [0.5, 0.6) is 0 Å². The number of esters is 1. The molecule has 0 N–H and O–H groups in total. The fraction of sp³-hybridized carbons (Fsp3) is 0.960. The lowest BCUT2D eigenvalue weighted by molar-refractivity contribution is -0.331. The van der Waals surface area contributed by atoms with Gasteiger partial charge in [-0.2, -0.15) is 52.7 Å². The van der Waals surface area contributed by atoms with E-state index < -0.39 is 73.9 Å². The van der Waals surface area contributed by atoms with Crippen molar-refractivity contribution in [1.29, 1.82) is 0 Å². The normalized spacial score (nSPS) is 32.5. The van der Waals surface area contributed by atoms with Gasteiger partial charge in [-0.15, -0.1) is 0 Å². The van der Waals surface area contributed by atoms with Crippen molar-refractivity contribution in [2.24, 2.45) is 34.0 Å². The fourth-order valence-corrected chi connectivity index (χ4v) is 7.28. The quantitative estimate of drug-likeness (QED) is 0.158. The number of epoxide rings is 1. The molecule has 42 heavy (non-hydrogen) atoms. The molecule has 3 fully saturated rings. The maximum atomic E-state index is 13.2. The zero-order chi connectivity index (χ0) is 32.6. The lowest BCUT2D eigenvalue weighted by Gasteiger charge is -2.26. The highest BCUT2D eigenvalue weighted by molar-refractivity contribution is 5.74. The van der Waals surface area contributed by atoms with Gasteiger partial charge < -0.3 is 18.9 Å². The maximum absolute atomic E-state index is 13.2. The first-order valence-corrected chi connectivity index (χ1v) is 12.9. The monoisotopic (exact) mass is 640 g/mol. The van der Waals surface area contributed by atoms with Gasteiger partial charge in [0, 0.05) is 0 Å². The number of carbonyl (C=O) groups excluding carboxylic acids is 1. The first kappa shape index (κ1) is 35.0. The summed E-state index contributed by atoms with van der Waals surface area (Å²) >= 11 is 0. The molecule has 7 unspecified atom stereocenters. The minimum Gasteiger partial charge on any atom is -0.457 e. The van der Waals surface area contributed by atoms with Crippen molar-refractivity contribution in [1.82, 2.24) is 0 Å². The van der Waals surface area contributed by atoms with Crippen molar-refractivity contribution < 1.29 is 76.4 Å². The third kappa shape index (κ3) is 6.92. The van der Waals surface area contributed by atoms with Crippen LogP contribution in [0.25, 0.3) is 0 Å². The van der Waals surface area contributed by atoms with Crippen LogP contribution >= 0.6 is 0 Å². The third-order valence-electron chi connectivity index (χ3n) is 8.60. The van der Waals surface area contributed by atoms with Crippen LogP contribution in [0.1, 0.15) is 54.4 Å². The lowest BCUT2D eigenvalue weighted by atomic mass is 9.83. The van der Waals surface area contributed by atoms with Crippen LogP contribution in [0.4, 0.5) is 52.7 Å². The number of rotatable bonds is 8. The van der Waals surface area contributed by atoms with E-state index in [1.54, 1.807) is 6.92 Å². The second-order valence-corrected chi connectivity index (χ2v) is 13.0. The summed E-state index contributed by atoms with van der Waals surface area (Å²) in [5.74, 6) is -2.23. The van der Waals surface area contributed by atoms with E-state index in [4.69, 9.17) is 4.74 Å². The minimum atomic E-state index is -5.99. The molecule has 246 valence electrons. The van der Waals surface area contributed by atoms with Crippen molar-refractivity contribution >= 4 is 5.97 Å². The van der Waals surface area contributed by atoms with Gasteiger partial charge in [0.2, 0.25) is 6.10 Å². The molecule has 1 aliphatic heterocycles. The van der Waals surface area contributed by atoms with Crippen molar-refractivity contribution in [2.75, 3.05) is 6.61 Å². The predicted octanol–water partition coefficient (Wildman–Crippen LogP) is 7.38. The van der Waals surface area contributed by atoms with Crippen LogP contribution in [-0.4, -0.2) is 68.0 Å². The van der Waals surface area contributed by atoms with Gasteiger partial charge in [-0.05, 0) is 40.9 Å². The van der Waals surface area contributed by atoms with E-state index in [-0.39, 0.29) is 34.5 Å². The van der Waals surface area contributed by atoms with Crippen LogP contribution in [0, 0.1) is 34.0 Å². The molecule has 17 heteroatoms. The topological polar surface area (TPSA) is 57.3 Å². The van der Waals surface area contributed by atoms with Crippen LogP contribution in [0.15, 0.2) is 0 Å². The minimum absolute atomic E-state index is 0.141. The molecular formula is C25H32F12O5. The highest BCUT2D eigenvalue weighted by Crippen LogP contribution is 2.81. The van der Waals surface area contributed by atoms with E-state index in [0.29, 0.717) is 6.42 Å². The molecule has 1 heterocycles. The highest BCUT2D eigenvalue weighted by atomic mass is 19.4. The SMILES string of the molecule is CC1CC2(CC1C(=O)OC(COC(C(F)(F)F)C(F)(F)F)C1OC1OC(C(F)(F)F)C(F)(F)F)C(C(C)(C)C)C2(C)C. The first-order chi connectivity index (χ1) is 18.5. The Morgan fingerprint density at radius 1 is 0.833 bits per heavy atom. The van der Waals surface area contributed by atoms with Gasteiger partial charge in [0.1, 0.15) is 0 Å². The predicted molar refractivity (Wildman–Crippen MR) is 118 cm³/mol. The van der Waals surface area contributed by atoms with E-state index in [9.17, 15) is 57.5 Å². The summed E-state index contributed by atoms with van der Waals surface area (Å²) in [7, 11) is 0. The maximum Gasteiger partial charge on any atom is 0.423 e. The summed E-state index contributed by atoms with van der Waals surface area (Å²) in [4.78, 5) is 13.2. The number of alkyl halides is 12. The number of hydrogen-bond acceptors (Lipinski definition) is 5. The molecule has 3 aliphatic rings. The van der Waals surface area contributed by atoms with Gasteiger partial charge in [-0.1, -0.05) is 41.5 Å². The fourth-order valence-electron chi connectivity index (χ4n) is 7.28. The van der Waals surface area contributed by atoms with Crippen molar-refractivity contribution in [3.63, 3.8) is 0 Å². The third-order valence-corrected chi connectivity index (χ3v) is 8.60. The number of halogens is 12. The standard InChI is InChI=1S/C25H32F12O5/c1-10-7-21(16(19(2,3)4)20(21,5)6)8-11(10)14(38)40-12(9-39-17(22(26,27)28)23(29,30)31)13-15(41-13)42-18(24(32,33)34)25(35,36)37/h10-13,15-18H,7-9H2,1-6H3. The van der Waals surface area contributed by atoms with Gasteiger partial charge in [0.15, 0.2) is 18.5 Å². The molecule has 0 bridgehead atoms. The molecule has 0 aromatic carbocycles. The van der Waals surface area contributed by atoms with E-state index in [2.05, 4.69) is 14.2 Å². The van der Waals surface area contributed by atoms with E-state index in [1.807, 2.05) is 34.6 Å². The van der Waals surface area contributed by atoms with Crippen LogP contribution in [0.2, 0.25) is 0 Å². The zero-order valence-corrected chi connectivity index (χ0v) is 23.3. The molecule has 7 atom stereocenters. The molecule has 1 saturated heterocycles. The summed E-state index contributed by atoms with van der Waals surface area (Å²) < 4.78 is 173. The van der Waals surface area contributed by atoms with Gasteiger partial charge in [-0.25, -0.2) is 0 Å². The molecule has 3 rings (SSSR count). The molecule has 2 saturated carbocycles. The Balaban J connectivity index is 1.81. The molecule has 5 nitrogen and oxygen atoms in total. The summed E-state index contributed by atoms with van der Waals surface area (Å²) in [6.07, 6.45) is -38.6. The Kier molecular flexibility index (Phi) is 8.79. The average Bonchev–Trinajstić information content (AvgIpc) is 3.53. The molecule has 0 aromatic rings. The van der Waals surface area contributed by atoms with Crippen molar-refractivity contribution in [2.45, 2.75) is 110 Å². The average molecular weight is 641 g/mol. The molecule has 2 aliphatic carbocycles. The van der Waals surface area contributed by atoms with E-state index >= 15 is 0 Å². The second kappa shape index (κ2) is 10.6. The second-order valence-electron chi connectivity index (χ2n) is 13.0. The number of ether oxygens (including phenoxy) is 4. The number of carbonyl (C=O) groups is 1. The number of hydrogen-bond donors (Lipinski definition) is 0. The van der Waals surface area contributed by atoms with E-state index in [0.717, 1.165) is 0 Å². The van der Waals surface area contributed by atoms with Crippen molar-refractivity contribution in [3.8, 4) is 0 Å². The summed E-state index contributed by atoms with van der Waals surface area (Å²) in [6.45, 7) is 10.0. The molecule has 0 amide bonds.